The van der Waals surface area contributed by atoms with Crippen molar-refractivity contribution < 1.29 is 9.53 Å². The number of rotatable bonds is 1. The third kappa shape index (κ3) is 1.23. The number of thioether (sulfide) groups is 1. The first-order valence-electron chi connectivity index (χ1n) is 4.24. The van der Waals surface area contributed by atoms with E-state index in [0.29, 0.717) is 0 Å². The van der Waals surface area contributed by atoms with Gasteiger partial charge < -0.3 is 10.1 Å². The van der Waals surface area contributed by atoms with Crippen LogP contribution in [0.15, 0.2) is 0 Å². The normalized spacial score (nSPS) is 31.6. The minimum atomic E-state index is -0.0975. The Morgan fingerprint density at radius 3 is 3.00 bits per heavy atom. The van der Waals surface area contributed by atoms with Crippen LogP contribution >= 0.6 is 11.8 Å². The summed E-state index contributed by atoms with van der Waals surface area (Å²) in [6.07, 6.45) is 2.31. The van der Waals surface area contributed by atoms with Gasteiger partial charge in [0.25, 0.3) is 0 Å². The predicted molar refractivity (Wildman–Crippen MR) is 48.2 cm³/mol. The van der Waals surface area contributed by atoms with Crippen LogP contribution in [0, 0.1) is 0 Å². The molecule has 0 bridgehead atoms. The second-order valence-electron chi connectivity index (χ2n) is 3.32. The van der Waals surface area contributed by atoms with Gasteiger partial charge in [0.15, 0.2) is 0 Å². The van der Waals surface area contributed by atoms with Crippen molar-refractivity contribution in [3.05, 3.63) is 0 Å². The first kappa shape index (κ1) is 8.38. The van der Waals surface area contributed by atoms with Crippen molar-refractivity contribution in [2.24, 2.45) is 0 Å². The Hall–Kier alpha value is -0.220. The van der Waals surface area contributed by atoms with Crippen molar-refractivity contribution in [1.82, 2.24) is 5.32 Å². The van der Waals surface area contributed by atoms with Crippen LogP contribution in [0.5, 0.6) is 0 Å². The van der Waals surface area contributed by atoms with Gasteiger partial charge in [-0.15, -0.1) is 0 Å². The number of carbonyl (C=O) groups excluding carboxylic acids is 1. The molecule has 1 saturated carbocycles. The molecule has 0 amide bonds. The Morgan fingerprint density at radius 1 is 1.67 bits per heavy atom. The summed E-state index contributed by atoms with van der Waals surface area (Å²) in [6.45, 7) is 0.923. The van der Waals surface area contributed by atoms with Gasteiger partial charge >= 0.3 is 5.97 Å². The molecule has 0 aromatic carbocycles. The highest BCUT2D eigenvalue weighted by atomic mass is 32.2. The first-order chi connectivity index (χ1) is 5.78. The number of esters is 1. The van der Waals surface area contributed by atoms with Gasteiger partial charge in [-0.05, 0) is 12.8 Å². The molecule has 2 fully saturated rings. The lowest BCUT2D eigenvalue weighted by atomic mass is 10.2. The lowest BCUT2D eigenvalue weighted by Gasteiger charge is -2.29. The number of ether oxygens (including phenoxy) is 1. The maximum absolute atomic E-state index is 11.3. The summed E-state index contributed by atoms with van der Waals surface area (Å²) in [5.41, 5.74) is 0. The quantitative estimate of drug-likeness (QED) is 0.603. The van der Waals surface area contributed by atoms with E-state index in [1.165, 1.54) is 7.11 Å². The molecule has 0 aromatic rings. The first-order valence-corrected chi connectivity index (χ1v) is 5.22. The Morgan fingerprint density at radius 2 is 2.42 bits per heavy atom. The molecule has 2 aliphatic rings. The Balaban J connectivity index is 2.06. The molecule has 0 aromatic heterocycles. The van der Waals surface area contributed by atoms with Crippen LogP contribution in [-0.4, -0.2) is 36.2 Å². The summed E-state index contributed by atoms with van der Waals surface area (Å²) >= 11 is 1.92. The van der Waals surface area contributed by atoms with Gasteiger partial charge in [-0.2, -0.15) is 11.8 Å². The predicted octanol–water partition coefficient (Wildman–Crippen LogP) is 0.397. The Labute approximate surface area is 76.2 Å². The van der Waals surface area contributed by atoms with E-state index in [1.807, 2.05) is 11.8 Å². The summed E-state index contributed by atoms with van der Waals surface area (Å²) in [4.78, 5) is 11.3. The lowest BCUT2D eigenvalue weighted by Crippen LogP contribution is -2.51. The van der Waals surface area contributed by atoms with Gasteiger partial charge in [-0.25, -0.2) is 0 Å². The van der Waals surface area contributed by atoms with Crippen LogP contribution in [-0.2, 0) is 9.53 Å². The van der Waals surface area contributed by atoms with Crippen molar-refractivity contribution in [2.45, 2.75) is 23.6 Å². The summed E-state index contributed by atoms with van der Waals surface area (Å²) in [5.74, 6) is 1.02. The van der Waals surface area contributed by atoms with Crippen molar-refractivity contribution in [3.63, 3.8) is 0 Å². The van der Waals surface area contributed by atoms with Gasteiger partial charge in [0, 0.05) is 17.0 Å². The molecule has 1 N–H and O–H groups in total. The van der Waals surface area contributed by atoms with Gasteiger partial charge in [0.2, 0.25) is 0 Å². The molecular formula is C8H13NO2S. The molecular weight excluding hydrogens is 174 g/mol. The van der Waals surface area contributed by atoms with Crippen molar-refractivity contribution in [3.8, 4) is 0 Å². The molecule has 68 valence electrons. The number of carbonyl (C=O) groups is 1. The molecule has 2 rings (SSSR count). The van der Waals surface area contributed by atoms with E-state index < -0.39 is 0 Å². The maximum atomic E-state index is 11.3. The van der Waals surface area contributed by atoms with Crippen LogP contribution in [0.3, 0.4) is 0 Å². The SMILES string of the molecule is COC(=O)C1NCCSC12CC2. The lowest BCUT2D eigenvalue weighted by molar-refractivity contribution is -0.143. The van der Waals surface area contributed by atoms with E-state index in [9.17, 15) is 4.79 Å². The molecule has 1 heterocycles. The average molecular weight is 187 g/mol. The Bertz CT molecular complexity index is 203. The minimum Gasteiger partial charge on any atom is -0.468 e. The van der Waals surface area contributed by atoms with Gasteiger partial charge in [-0.1, -0.05) is 0 Å². The smallest absolute Gasteiger partial charge is 0.324 e. The van der Waals surface area contributed by atoms with Crippen LogP contribution in [0.2, 0.25) is 0 Å². The number of hydrogen-bond donors (Lipinski definition) is 1. The monoisotopic (exact) mass is 187 g/mol. The Kier molecular flexibility index (Phi) is 2.04. The van der Waals surface area contributed by atoms with Gasteiger partial charge in [-0.3, -0.25) is 4.79 Å². The van der Waals surface area contributed by atoms with E-state index in [4.69, 9.17) is 4.74 Å². The third-order valence-corrected chi connectivity index (χ3v) is 4.17. The molecule has 0 radical (unpaired) electrons. The van der Waals surface area contributed by atoms with E-state index in [1.54, 1.807) is 0 Å². The van der Waals surface area contributed by atoms with E-state index >= 15 is 0 Å². The number of hydrogen-bond acceptors (Lipinski definition) is 4. The second-order valence-corrected chi connectivity index (χ2v) is 4.83. The third-order valence-electron chi connectivity index (χ3n) is 2.55. The molecule has 3 nitrogen and oxygen atoms in total. The molecule has 1 saturated heterocycles. The topological polar surface area (TPSA) is 38.3 Å². The molecule has 1 aliphatic heterocycles. The standard InChI is InChI=1S/C8H13NO2S/c1-11-7(10)6-8(2-3-8)12-5-4-9-6/h6,9H,2-5H2,1H3. The summed E-state index contributed by atoms with van der Waals surface area (Å²) in [5, 5.41) is 3.23. The molecule has 1 unspecified atom stereocenters. The van der Waals surface area contributed by atoms with Crippen molar-refractivity contribution >= 4 is 17.7 Å². The zero-order valence-corrected chi connectivity index (χ0v) is 7.95. The highest BCUT2D eigenvalue weighted by molar-refractivity contribution is 8.01. The fraction of sp³-hybridized carbons (Fsp3) is 0.875. The molecule has 12 heavy (non-hydrogen) atoms. The molecule has 1 spiro atoms. The highest BCUT2D eigenvalue weighted by Crippen LogP contribution is 2.52. The fourth-order valence-electron chi connectivity index (χ4n) is 1.70. The van der Waals surface area contributed by atoms with Crippen LogP contribution in [0.1, 0.15) is 12.8 Å². The minimum absolute atomic E-state index is 0.0544. The second kappa shape index (κ2) is 2.92. The van der Waals surface area contributed by atoms with Gasteiger partial charge in [0.05, 0.1) is 7.11 Å². The summed E-state index contributed by atoms with van der Waals surface area (Å²) in [6, 6.07) is -0.0544. The molecule has 1 atom stereocenters. The summed E-state index contributed by atoms with van der Waals surface area (Å²) < 4.78 is 4.95. The zero-order valence-electron chi connectivity index (χ0n) is 7.13. The van der Waals surface area contributed by atoms with Crippen LogP contribution in [0.25, 0.3) is 0 Å². The van der Waals surface area contributed by atoms with Crippen LogP contribution in [0.4, 0.5) is 0 Å². The largest absolute Gasteiger partial charge is 0.468 e. The van der Waals surface area contributed by atoms with Crippen molar-refractivity contribution in [1.29, 1.82) is 0 Å². The molecule has 4 heteroatoms. The fourth-order valence-corrected chi connectivity index (χ4v) is 3.06. The zero-order chi connectivity index (χ0) is 8.60. The molecule has 1 aliphatic carbocycles. The summed E-state index contributed by atoms with van der Waals surface area (Å²) in [7, 11) is 1.46. The van der Waals surface area contributed by atoms with E-state index in [0.717, 1.165) is 25.1 Å². The van der Waals surface area contributed by atoms with E-state index in [2.05, 4.69) is 5.32 Å². The van der Waals surface area contributed by atoms with Crippen molar-refractivity contribution in [2.75, 3.05) is 19.4 Å². The average Bonchev–Trinajstić information content (AvgIpc) is 2.85. The number of nitrogens with one attached hydrogen (secondary N) is 1. The highest BCUT2D eigenvalue weighted by Gasteiger charge is 2.54. The van der Waals surface area contributed by atoms with Gasteiger partial charge in [0.1, 0.15) is 6.04 Å². The number of methoxy groups -OCH3 is 1. The maximum Gasteiger partial charge on any atom is 0.324 e. The van der Waals surface area contributed by atoms with Crippen LogP contribution < -0.4 is 5.32 Å². The van der Waals surface area contributed by atoms with E-state index in [-0.39, 0.29) is 16.8 Å².